The summed E-state index contributed by atoms with van der Waals surface area (Å²) in [6.45, 7) is 7.09. The Morgan fingerprint density at radius 1 is 1.23 bits per heavy atom. The van der Waals surface area contributed by atoms with Crippen LogP contribution in [0.5, 0.6) is 0 Å². The predicted molar refractivity (Wildman–Crippen MR) is 99.1 cm³/mol. The highest BCUT2D eigenvalue weighted by molar-refractivity contribution is 5.76. The van der Waals surface area contributed by atoms with Crippen LogP contribution >= 0.6 is 0 Å². The van der Waals surface area contributed by atoms with Crippen molar-refractivity contribution in [2.75, 3.05) is 26.2 Å². The molecule has 2 fully saturated rings. The summed E-state index contributed by atoms with van der Waals surface area (Å²) in [7, 11) is 0. The Hall–Kier alpha value is -1.73. The first kappa shape index (κ1) is 19.0. The van der Waals surface area contributed by atoms with Gasteiger partial charge in [-0.05, 0) is 58.1 Å². The maximum atomic E-state index is 12.6. The number of hydrogen-bond acceptors (Lipinski definition) is 5. The SMILES string of the molecule is Cc1nc(=O)[nH]c(C)c1CCC(=O)N1CCC(N2CCCC(O)C2)CC1. The molecule has 1 unspecified atom stereocenters. The summed E-state index contributed by atoms with van der Waals surface area (Å²) in [5.74, 6) is 0.173. The normalized spacial score (nSPS) is 22.6. The molecular formula is C19H30N4O3. The number of rotatable bonds is 4. The van der Waals surface area contributed by atoms with Crippen LogP contribution in [0.15, 0.2) is 4.79 Å². The molecular weight excluding hydrogens is 332 g/mol. The Kier molecular flexibility index (Phi) is 6.09. The van der Waals surface area contributed by atoms with Crippen molar-refractivity contribution in [3.8, 4) is 0 Å². The average molecular weight is 362 g/mol. The standard InChI is InChI=1S/C19H30N4O3/c1-13-17(14(2)21-19(26)20-13)5-6-18(25)22-10-7-15(8-11-22)23-9-3-4-16(24)12-23/h15-16,24H,3-12H2,1-2H3,(H,20,21,26). The summed E-state index contributed by atoms with van der Waals surface area (Å²) >= 11 is 0. The number of aliphatic hydroxyl groups excluding tert-OH is 1. The van der Waals surface area contributed by atoms with Crippen LogP contribution in [-0.2, 0) is 11.2 Å². The minimum Gasteiger partial charge on any atom is -0.392 e. The number of carbonyl (C=O) groups excluding carboxylic acids is 1. The van der Waals surface area contributed by atoms with Crippen LogP contribution in [0, 0.1) is 13.8 Å². The molecule has 144 valence electrons. The lowest BCUT2D eigenvalue weighted by Crippen LogP contribution is -2.50. The van der Waals surface area contributed by atoms with E-state index in [2.05, 4.69) is 14.9 Å². The van der Waals surface area contributed by atoms with Crippen LogP contribution in [0.2, 0.25) is 0 Å². The minimum absolute atomic E-state index is 0.173. The zero-order valence-corrected chi connectivity index (χ0v) is 15.8. The van der Waals surface area contributed by atoms with Crippen LogP contribution in [0.1, 0.15) is 49.1 Å². The van der Waals surface area contributed by atoms with E-state index < -0.39 is 0 Å². The van der Waals surface area contributed by atoms with Crippen molar-refractivity contribution < 1.29 is 9.90 Å². The van der Waals surface area contributed by atoms with Gasteiger partial charge in [-0.3, -0.25) is 9.69 Å². The highest BCUT2D eigenvalue weighted by Crippen LogP contribution is 2.22. The molecule has 2 N–H and O–H groups in total. The highest BCUT2D eigenvalue weighted by atomic mass is 16.3. The number of nitrogens with zero attached hydrogens (tertiary/aromatic N) is 3. The van der Waals surface area contributed by atoms with Crippen LogP contribution in [0.3, 0.4) is 0 Å². The number of piperidine rings is 2. The molecule has 0 bridgehead atoms. The van der Waals surface area contributed by atoms with Gasteiger partial charge in [-0.1, -0.05) is 0 Å². The van der Waals surface area contributed by atoms with E-state index in [1.807, 2.05) is 18.7 Å². The van der Waals surface area contributed by atoms with E-state index in [4.69, 9.17) is 0 Å². The molecule has 7 nitrogen and oxygen atoms in total. The first-order valence-electron chi connectivity index (χ1n) is 9.70. The fourth-order valence-electron chi connectivity index (χ4n) is 4.31. The van der Waals surface area contributed by atoms with Crippen LogP contribution in [0.4, 0.5) is 0 Å². The van der Waals surface area contributed by atoms with E-state index in [1.54, 1.807) is 0 Å². The van der Waals surface area contributed by atoms with Gasteiger partial charge in [-0.2, -0.15) is 4.98 Å². The van der Waals surface area contributed by atoms with Crippen molar-refractivity contribution in [1.82, 2.24) is 19.8 Å². The largest absolute Gasteiger partial charge is 0.392 e. The fraction of sp³-hybridized carbons (Fsp3) is 0.737. The third-order valence-electron chi connectivity index (χ3n) is 5.80. The summed E-state index contributed by atoms with van der Waals surface area (Å²) in [6.07, 6.45) is 4.80. The number of aliphatic hydroxyl groups is 1. The van der Waals surface area contributed by atoms with E-state index in [0.717, 1.165) is 63.1 Å². The van der Waals surface area contributed by atoms with Crippen molar-refractivity contribution >= 4 is 5.91 Å². The second kappa shape index (κ2) is 8.31. The zero-order valence-electron chi connectivity index (χ0n) is 15.8. The Morgan fingerprint density at radius 2 is 1.96 bits per heavy atom. The number of carbonyl (C=O) groups is 1. The number of β-amino-alcohol motifs (C(OH)–C–C–N with tert-alkyl or cyclic N) is 1. The number of hydrogen-bond donors (Lipinski definition) is 2. The maximum absolute atomic E-state index is 12.6. The van der Waals surface area contributed by atoms with Crippen molar-refractivity contribution in [3.05, 3.63) is 27.4 Å². The molecule has 0 aliphatic carbocycles. The van der Waals surface area contributed by atoms with Crippen molar-refractivity contribution in [1.29, 1.82) is 0 Å². The molecule has 7 heteroatoms. The summed E-state index contributed by atoms with van der Waals surface area (Å²) in [6, 6.07) is 0.488. The molecule has 0 radical (unpaired) electrons. The van der Waals surface area contributed by atoms with Crippen LogP contribution in [-0.4, -0.2) is 69.1 Å². The summed E-state index contributed by atoms with van der Waals surface area (Å²) in [5.41, 5.74) is 2.15. The first-order valence-corrected chi connectivity index (χ1v) is 9.70. The molecule has 1 atom stereocenters. The van der Waals surface area contributed by atoms with E-state index in [1.165, 1.54) is 0 Å². The molecule has 0 aromatic carbocycles. The number of H-pyrrole nitrogens is 1. The Labute approximate surface area is 154 Å². The molecule has 3 rings (SSSR count). The van der Waals surface area contributed by atoms with Gasteiger partial charge in [0.25, 0.3) is 0 Å². The Balaban J connectivity index is 1.49. The second-order valence-electron chi connectivity index (χ2n) is 7.63. The predicted octanol–water partition coefficient (Wildman–Crippen LogP) is 0.767. The van der Waals surface area contributed by atoms with Crippen LogP contribution < -0.4 is 5.69 Å². The number of aryl methyl sites for hydroxylation is 2. The number of aromatic amines is 1. The third-order valence-corrected chi connectivity index (χ3v) is 5.80. The third kappa shape index (κ3) is 4.51. The van der Waals surface area contributed by atoms with E-state index in [-0.39, 0.29) is 17.7 Å². The monoisotopic (exact) mass is 362 g/mol. The number of aromatic nitrogens is 2. The maximum Gasteiger partial charge on any atom is 0.345 e. The zero-order chi connectivity index (χ0) is 18.7. The van der Waals surface area contributed by atoms with Crippen molar-refractivity contribution in [2.24, 2.45) is 0 Å². The van der Waals surface area contributed by atoms with Gasteiger partial charge in [0.05, 0.1) is 6.10 Å². The van der Waals surface area contributed by atoms with Gasteiger partial charge in [0.2, 0.25) is 5.91 Å². The van der Waals surface area contributed by atoms with E-state index in [9.17, 15) is 14.7 Å². The lowest BCUT2D eigenvalue weighted by Gasteiger charge is -2.41. The molecule has 1 amide bonds. The molecule has 2 saturated heterocycles. The molecule has 2 aliphatic heterocycles. The molecule has 26 heavy (non-hydrogen) atoms. The molecule has 2 aliphatic rings. The summed E-state index contributed by atoms with van der Waals surface area (Å²) < 4.78 is 0. The van der Waals surface area contributed by atoms with Gasteiger partial charge in [0.15, 0.2) is 0 Å². The van der Waals surface area contributed by atoms with Crippen LogP contribution in [0.25, 0.3) is 0 Å². The molecule has 1 aromatic heterocycles. The smallest absolute Gasteiger partial charge is 0.345 e. The molecule has 0 saturated carbocycles. The van der Waals surface area contributed by atoms with Crippen molar-refractivity contribution in [2.45, 2.75) is 64.5 Å². The molecule has 0 spiro atoms. The summed E-state index contributed by atoms with van der Waals surface area (Å²) in [4.78, 5) is 34.9. The van der Waals surface area contributed by atoms with Gasteiger partial charge in [-0.25, -0.2) is 4.79 Å². The number of likely N-dealkylation sites (tertiary alicyclic amines) is 2. The van der Waals surface area contributed by atoms with E-state index in [0.29, 0.717) is 24.6 Å². The van der Waals surface area contributed by atoms with Crippen molar-refractivity contribution in [3.63, 3.8) is 0 Å². The molecule has 3 heterocycles. The topological polar surface area (TPSA) is 89.5 Å². The number of amides is 1. The lowest BCUT2D eigenvalue weighted by atomic mass is 9.98. The van der Waals surface area contributed by atoms with Gasteiger partial charge < -0.3 is 15.0 Å². The fourth-order valence-corrected chi connectivity index (χ4v) is 4.31. The average Bonchev–Trinajstić information content (AvgIpc) is 2.61. The second-order valence-corrected chi connectivity index (χ2v) is 7.63. The highest BCUT2D eigenvalue weighted by Gasteiger charge is 2.29. The quantitative estimate of drug-likeness (QED) is 0.826. The lowest BCUT2D eigenvalue weighted by molar-refractivity contribution is -0.133. The summed E-state index contributed by atoms with van der Waals surface area (Å²) in [5, 5.41) is 9.86. The van der Waals surface area contributed by atoms with E-state index >= 15 is 0 Å². The van der Waals surface area contributed by atoms with Gasteiger partial charge in [-0.15, -0.1) is 0 Å². The van der Waals surface area contributed by atoms with Gasteiger partial charge >= 0.3 is 5.69 Å². The van der Waals surface area contributed by atoms with Gasteiger partial charge in [0.1, 0.15) is 0 Å². The minimum atomic E-state index is -0.333. The Bertz CT molecular complexity index is 668. The first-order chi connectivity index (χ1) is 12.4. The number of nitrogens with one attached hydrogen (secondary N) is 1. The Morgan fingerprint density at radius 3 is 2.62 bits per heavy atom. The molecule has 1 aromatic rings. The van der Waals surface area contributed by atoms with Gasteiger partial charge in [0, 0.05) is 43.5 Å².